The second-order valence-electron chi connectivity index (χ2n) is 9.23. The predicted octanol–water partition coefficient (Wildman–Crippen LogP) is 0.505. The molecule has 34 heavy (non-hydrogen) atoms. The number of carbonyl (C=O) groups excluding carboxylic acids is 3. The molecule has 3 N–H and O–H groups in total. The average Bonchev–Trinajstić information content (AvgIpc) is 3.59. The number of aliphatic hydroxyl groups excluding tert-OH is 1. The third kappa shape index (κ3) is 3.56. The molecule has 2 aromatic rings. The maximum atomic E-state index is 13.6. The van der Waals surface area contributed by atoms with Crippen molar-refractivity contribution < 1.29 is 19.5 Å². The molecule has 4 heterocycles. The Kier molecular flexibility index (Phi) is 6.24. The summed E-state index contributed by atoms with van der Waals surface area (Å²) in [5.41, 5.74) is 1.55. The lowest BCUT2D eigenvalue weighted by Crippen LogP contribution is -2.54. The minimum atomic E-state index is -0.690. The number of hydrogen-bond acceptors (Lipinski definition) is 7. The van der Waals surface area contributed by atoms with Crippen molar-refractivity contribution in [2.75, 3.05) is 19.7 Å². The average molecular weight is 487 g/mol. The van der Waals surface area contributed by atoms with E-state index in [1.54, 1.807) is 21.3 Å². The summed E-state index contributed by atoms with van der Waals surface area (Å²) in [6.07, 6.45) is 2.73. The molecule has 1 aromatic carbocycles. The number of thioether (sulfide) groups is 1. The molecule has 5 rings (SSSR count). The largest absolute Gasteiger partial charge is 0.396 e. The van der Waals surface area contributed by atoms with Gasteiger partial charge >= 0.3 is 0 Å². The minimum Gasteiger partial charge on any atom is -0.396 e. The van der Waals surface area contributed by atoms with Crippen LogP contribution in [0, 0.1) is 11.8 Å². The minimum absolute atomic E-state index is 0.0420. The van der Waals surface area contributed by atoms with Gasteiger partial charge in [-0.3, -0.25) is 14.4 Å². The van der Waals surface area contributed by atoms with Gasteiger partial charge in [-0.05, 0) is 37.8 Å². The first-order chi connectivity index (χ1) is 16.5. The third-order valence-corrected chi connectivity index (χ3v) is 9.23. The molecule has 10 nitrogen and oxygen atoms in total. The smallest absolute Gasteiger partial charge is 0.245 e. The Morgan fingerprint density at radius 2 is 2.09 bits per heavy atom. The summed E-state index contributed by atoms with van der Waals surface area (Å²) in [6, 6.07) is 6.82. The van der Waals surface area contributed by atoms with Gasteiger partial charge in [-0.15, -0.1) is 16.9 Å². The van der Waals surface area contributed by atoms with Crippen LogP contribution in [0.2, 0.25) is 0 Å². The van der Waals surface area contributed by atoms with Crippen molar-refractivity contribution in [3.8, 4) is 0 Å². The summed E-state index contributed by atoms with van der Waals surface area (Å²) in [5.74, 6) is -1.43. The summed E-state index contributed by atoms with van der Waals surface area (Å²) in [7, 11) is 0. The highest BCUT2D eigenvalue weighted by Gasteiger charge is 2.73. The molecule has 182 valence electrons. The Morgan fingerprint density at radius 1 is 1.26 bits per heavy atom. The molecular formula is C23H30N6O4S. The predicted molar refractivity (Wildman–Crippen MR) is 126 cm³/mol. The Balaban J connectivity index is 1.41. The maximum Gasteiger partial charge on any atom is 0.245 e. The fraction of sp³-hybridized carbons (Fsp3) is 0.609. The number of fused-ring (bicyclic) bond motifs is 2. The molecule has 3 aliphatic rings. The van der Waals surface area contributed by atoms with Crippen LogP contribution in [-0.2, 0) is 21.1 Å². The summed E-state index contributed by atoms with van der Waals surface area (Å²) < 4.78 is 0.997. The van der Waals surface area contributed by atoms with Gasteiger partial charge in [-0.2, -0.15) is 0 Å². The van der Waals surface area contributed by atoms with Crippen LogP contribution in [0.1, 0.15) is 32.6 Å². The van der Waals surface area contributed by atoms with Crippen LogP contribution in [-0.4, -0.2) is 78.5 Å². The van der Waals surface area contributed by atoms with Gasteiger partial charge in [-0.1, -0.05) is 24.3 Å². The highest BCUT2D eigenvalue weighted by molar-refractivity contribution is 8.02. The topological polar surface area (TPSA) is 129 Å². The van der Waals surface area contributed by atoms with Gasteiger partial charge in [0, 0.05) is 24.9 Å². The first-order valence-electron chi connectivity index (χ1n) is 11.9. The van der Waals surface area contributed by atoms with E-state index in [-0.39, 0.29) is 42.8 Å². The molecule has 3 fully saturated rings. The standard InChI is InChI=1S/C23H30N6O4S/c1-2-10-24-20(31)17-16-8-9-23(34-16)18(17)22(33)28(11-5-12-30)19(23)21(32)25-13-29-15-7-4-3-6-14(15)26-27-29/h3-4,6-7,16-19,30H,2,5,8-13H2,1H3,(H,24,31)(H,25,32)/t16-,17+,18-,19?,23?/m0/s1. The molecule has 3 saturated heterocycles. The lowest BCUT2D eigenvalue weighted by Gasteiger charge is -2.34. The van der Waals surface area contributed by atoms with Crippen molar-refractivity contribution in [2.45, 2.75) is 55.3 Å². The summed E-state index contributed by atoms with van der Waals surface area (Å²) >= 11 is 1.64. The molecular weight excluding hydrogens is 456 g/mol. The fourth-order valence-corrected chi connectivity index (χ4v) is 8.10. The van der Waals surface area contributed by atoms with Crippen LogP contribution in [0.3, 0.4) is 0 Å². The van der Waals surface area contributed by atoms with E-state index in [2.05, 4.69) is 20.9 Å². The van der Waals surface area contributed by atoms with Crippen molar-refractivity contribution in [2.24, 2.45) is 11.8 Å². The number of aromatic nitrogens is 3. The number of para-hydroxylation sites is 1. The Hall–Kier alpha value is -2.66. The molecule has 11 heteroatoms. The highest BCUT2D eigenvalue weighted by atomic mass is 32.2. The van der Waals surface area contributed by atoms with E-state index in [0.717, 1.165) is 30.3 Å². The van der Waals surface area contributed by atoms with E-state index in [1.807, 2.05) is 31.2 Å². The lowest BCUT2D eigenvalue weighted by molar-refractivity contribution is -0.140. The van der Waals surface area contributed by atoms with Crippen LogP contribution >= 0.6 is 11.8 Å². The van der Waals surface area contributed by atoms with Crippen LogP contribution in [0.5, 0.6) is 0 Å². The van der Waals surface area contributed by atoms with Crippen molar-refractivity contribution in [1.29, 1.82) is 0 Å². The number of amides is 3. The van der Waals surface area contributed by atoms with Crippen molar-refractivity contribution in [1.82, 2.24) is 30.5 Å². The van der Waals surface area contributed by atoms with E-state index in [4.69, 9.17) is 0 Å². The Morgan fingerprint density at radius 3 is 2.88 bits per heavy atom. The maximum absolute atomic E-state index is 13.6. The molecule has 2 bridgehead atoms. The van der Waals surface area contributed by atoms with Crippen LogP contribution in [0.25, 0.3) is 11.0 Å². The number of carbonyl (C=O) groups is 3. The second-order valence-corrected chi connectivity index (χ2v) is 10.8. The molecule has 1 spiro atoms. The van der Waals surface area contributed by atoms with Gasteiger partial charge in [0.25, 0.3) is 0 Å². The van der Waals surface area contributed by atoms with Crippen molar-refractivity contribution >= 4 is 40.5 Å². The van der Waals surface area contributed by atoms with Crippen molar-refractivity contribution in [3.05, 3.63) is 24.3 Å². The molecule has 0 saturated carbocycles. The summed E-state index contributed by atoms with van der Waals surface area (Å²) in [4.78, 5) is 41.9. The number of nitrogens with zero attached hydrogens (tertiary/aromatic N) is 4. The molecule has 5 atom stereocenters. The molecule has 1 aromatic heterocycles. The van der Waals surface area contributed by atoms with E-state index in [1.165, 1.54) is 0 Å². The summed E-state index contributed by atoms with van der Waals surface area (Å²) in [5, 5.41) is 23.6. The van der Waals surface area contributed by atoms with E-state index >= 15 is 0 Å². The number of rotatable bonds is 9. The fourth-order valence-electron chi connectivity index (χ4n) is 5.88. The first kappa shape index (κ1) is 23.1. The van der Waals surface area contributed by atoms with E-state index in [0.29, 0.717) is 13.0 Å². The van der Waals surface area contributed by atoms with E-state index in [9.17, 15) is 19.5 Å². The number of likely N-dealkylation sites (tertiary alicyclic amines) is 1. The van der Waals surface area contributed by atoms with E-state index < -0.39 is 22.6 Å². The SMILES string of the molecule is CCCNC(=O)[C@@H]1[C@@H]2CCC3(S2)C(C(=O)NCn2nnc4ccccc42)N(CCCO)C(=O)[C@H]13. The zero-order valence-electron chi connectivity index (χ0n) is 19.1. The number of hydrogen-bond donors (Lipinski definition) is 3. The van der Waals surface area contributed by atoms with Crippen LogP contribution in [0.4, 0.5) is 0 Å². The Labute approximate surface area is 201 Å². The summed E-state index contributed by atoms with van der Waals surface area (Å²) in [6.45, 7) is 2.91. The zero-order valence-corrected chi connectivity index (χ0v) is 20.0. The first-order valence-corrected chi connectivity index (χ1v) is 12.8. The van der Waals surface area contributed by atoms with Gasteiger partial charge < -0.3 is 20.6 Å². The van der Waals surface area contributed by atoms with Crippen LogP contribution in [0.15, 0.2) is 24.3 Å². The Bertz CT molecular complexity index is 1110. The van der Waals surface area contributed by atoms with Crippen LogP contribution < -0.4 is 10.6 Å². The zero-order chi connectivity index (χ0) is 23.9. The van der Waals surface area contributed by atoms with Gasteiger partial charge in [0.15, 0.2) is 0 Å². The third-order valence-electron chi connectivity index (χ3n) is 7.28. The molecule has 2 unspecified atom stereocenters. The molecule has 0 aliphatic carbocycles. The van der Waals surface area contributed by atoms with Gasteiger partial charge in [0.05, 0.1) is 22.1 Å². The number of benzene rings is 1. The second kappa shape index (κ2) is 9.18. The molecule has 3 aliphatic heterocycles. The van der Waals surface area contributed by atoms with Crippen molar-refractivity contribution in [3.63, 3.8) is 0 Å². The van der Waals surface area contributed by atoms with Gasteiger partial charge in [-0.25, -0.2) is 4.68 Å². The number of nitrogens with one attached hydrogen (secondary N) is 2. The quantitative estimate of drug-likeness (QED) is 0.471. The van der Waals surface area contributed by atoms with Gasteiger partial charge in [0.1, 0.15) is 18.2 Å². The number of aliphatic hydroxyl groups is 1. The lowest BCUT2D eigenvalue weighted by atomic mass is 9.70. The molecule has 0 radical (unpaired) electrons. The monoisotopic (exact) mass is 486 g/mol. The molecule has 3 amide bonds. The highest BCUT2D eigenvalue weighted by Crippen LogP contribution is 2.66. The normalized spacial score (nSPS) is 29.6. The van der Waals surface area contributed by atoms with Gasteiger partial charge in [0.2, 0.25) is 17.7 Å².